The summed E-state index contributed by atoms with van der Waals surface area (Å²) in [6.45, 7) is 26.2. The molecule has 0 heterocycles. The molecule has 1 unspecified atom stereocenters. The van der Waals surface area contributed by atoms with Gasteiger partial charge in [0.1, 0.15) is 0 Å². The second-order valence-corrected chi connectivity index (χ2v) is 15.0. The van der Waals surface area contributed by atoms with Crippen molar-refractivity contribution >= 4 is 0 Å². The van der Waals surface area contributed by atoms with Gasteiger partial charge in [0, 0.05) is 5.54 Å². The van der Waals surface area contributed by atoms with Gasteiger partial charge in [-0.1, -0.05) is 71.6 Å². The molecule has 194 valence electrons. The average Bonchev–Trinajstić information content (AvgIpc) is 3.12. The van der Waals surface area contributed by atoms with Crippen LogP contribution in [0, 0.1) is 51.2 Å². The largest absolute Gasteiger partial charge is 0.325 e. The molecule has 0 aromatic rings. The van der Waals surface area contributed by atoms with Crippen LogP contribution in [0.15, 0.2) is 48.1 Å². The fourth-order valence-corrected chi connectivity index (χ4v) is 11.8. The van der Waals surface area contributed by atoms with Crippen molar-refractivity contribution in [3.05, 3.63) is 48.1 Å². The zero-order valence-electron chi connectivity index (χ0n) is 24.0. The fourth-order valence-electron chi connectivity index (χ4n) is 11.8. The van der Waals surface area contributed by atoms with E-state index in [0.29, 0.717) is 28.1 Å². The molecule has 9 atom stereocenters. The summed E-state index contributed by atoms with van der Waals surface area (Å²) in [5.41, 5.74) is 13.1. The molecular weight excluding hydrogens is 422 g/mol. The summed E-state index contributed by atoms with van der Waals surface area (Å²) in [6, 6.07) is 0. The Bertz CT molecular complexity index is 981. The third-order valence-corrected chi connectivity index (χ3v) is 13.5. The SMILES string of the molecule is C=C/C=C(\C)C1=CCC2(C)[C@H]3CC[C@@H]4[C@H]5[C@H](C(=C)C)CC[C@]5(N)CC[C@@]4(C)[C@]3(C)CC[C@H]2C1(C)C. The van der Waals surface area contributed by atoms with Crippen LogP contribution >= 0.6 is 0 Å². The minimum Gasteiger partial charge on any atom is -0.325 e. The molecule has 0 bridgehead atoms. The van der Waals surface area contributed by atoms with E-state index in [1.165, 1.54) is 68.9 Å². The lowest BCUT2D eigenvalue weighted by Crippen LogP contribution is -2.67. The Morgan fingerprint density at radius 3 is 2.29 bits per heavy atom. The van der Waals surface area contributed by atoms with Crippen molar-refractivity contribution in [3.8, 4) is 0 Å². The summed E-state index contributed by atoms with van der Waals surface area (Å²) >= 11 is 0. The van der Waals surface area contributed by atoms with Gasteiger partial charge in [0.2, 0.25) is 0 Å². The van der Waals surface area contributed by atoms with Gasteiger partial charge in [-0.25, -0.2) is 0 Å². The van der Waals surface area contributed by atoms with Gasteiger partial charge in [0.05, 0.1) is 0 Å². The van der Waals surface area contributed by atoms with E-state index in [0.717, 1.165) is 17.8 Å². The number of nitrogens with two attached hydrogens (primary N) is 1. The molecule has 0 aromatic carbocycles. The fraction of sp³-hybridized carbons (Fsp3) is 0.765. The summed E-state index contributed by atoms with van der Waals surface area (Å²) in [6.07, 6.45) is 18.6. The van der Waals surface area contributed by atoms with Crippen LogP contribution < -0.4 is 5.73 Å². The Kier molecular flexibility index (Phi) is 5.81. The molecule has 0 amide bonds. The molecule has 1 heteroatoms. The Morgan fingerprint density at radius 1 is 0.914 bits per heavy atom. The summed E-state index contributed by atoms with van der Waals surface area (Å²) in [4.78, 5) is 0. The Labute approximate surface area is 216 Å². The van der Waals surface area contributed by atoms with Gasteiger partial charge < -0.3 is 5.73 Å². The van der Waals surface area contributed by atoms with Crippen molar-refractivity contribution in [1.29, 1.82) is 0 Å². The van der Waals surface area contributed by atoms with Gasteiger partial charge in [0.15, 0.2) is 0 Å². The predicted molar refractivity (Wildman–Crippen MR) is 151 cm³/mol. The zero-order chi connectivity index (χ0) is 25.6. The van der Waals surface area contributed by atoms with E-state index in [2.05, 4.69) is 73.8 Å². The summed E-state index contributed by atoms with van der Waals surface area (Å²) in [7, 11) is 0. The molecule has 0 aromatic heterocycles. The highest BCUT2D eigenvalue weighted by Crippen LogP contribution is 2.76. The highest BCUT2D eigenvalue weighted by molar-refractivity contribution is 5.40. The highest BCUT2D eigenvalue weighted by Gasteiger charge is 2.69. The topological polar surface area (TPSA) is 26.0 Å². The van der Waals surface area contributed by atoms with Crippen LogP contribution in [0.3, 0.4) is 0 Å². The molecule has 35 heavy (non-hydrogen) atoms. The maximum Gasteiger partial charge on any atom is 0.0191 e. The van der Waals surface area contributed by atoms with Gasteiger partial charge in [-0.05, 0) is 134 Å². The Morgan fingerprint density at radius 2 is 1.63 bits per heavy atom. The van der Waals surface area contributed by atoms with Gasteiger partial charge in [-0.3, -0.25) is 0 Å². The van der Waals surface area contributed by atoms with Crippen molar-refractivity contribution in [2.75, 3.05) is 0 Å². The molecule has 4 saturated carbocycles. The van der Waals surface area contributed by atoms with Gasteiger partial charge in [-0.2, -0.15) is 0 Å². The molecule has 4 fully saturated rings. The van der Waals surface area contributed by atoms with Crippen LogP contribution in [0.4, 0.5) is 0 Å². The molecule has 0 saturated heterocycles. The zero-order valence-corrected chi connectivity index (χ0v) is 24.0. The Hall–Kier alpha value is -1.08. The smallest absolute Gasteiger partial charge is 0.0191 e. The first-order valence-electron chi connectivity index (χ1n) is 14.7. The second kappa shape index (κ2) is 7.96. The second-order valence-electron chi connectivity index (χ2n) is 15.0. The maximum atomic E-state index is 7.24. The summed E-state index contributed by atoms with van der Waals surface area (Å²) < 4.78 is 0. The van der Waals surface area contributed by atoms with E-state index < -0.39 is 0 Å². The Balaban J connectivity index is 1.54. The molecule has 0 aliphatic heterocycles. The third kappa shape index (κ3) is 3.22. The standard InChI is InChI=1S/C34H53N/c1-10-11-23(4)25-15-17-31(7)27(30(25,5)6)16-18-33(9)28(31)13-12-26-29-24(22(2)3)14-19-34(29,35)21-20-32(26,33)8/h10-11,15,24,26-29H,1-2,12-14,16-21,35H2,3-9H3/b23-11+/t24-,26+,27-,28+,29+,31?,32+,33+,34-/m0/s1. The van der Waals surface area contributed by atoms with Crippen molar-refractivity contribution < 1.29 is 0 Å². The van der Waals surface area contributed by atoms with E-state index >= 15 is 0 Å². The van der Waals surface area contributed by atoms with Gasteiger partial charge in [0.25, 0.3) is 0 Å². The van der Waals surface area contributed by atoms with E-state index in [1.54, 1.807) is 5.57 Å². The van der Waals surface area contributed by atoms with Crippen LogP contribution in [0.5, 0.6) is 0 Å². The van der Waals surface area contributed by atoms with E-state index in [4.69, 9.17) is 5.73 Å². The van der Waals surface area contributed by atoms with Crippen molar-refractivity contribution in [3.63, 3.8) is 0 Å². The molecule has 2 N–H and O–H groups in total. The van der Waals surface area contributed by atoms with Crippen molar-refractivity contribution in [2.24, 2.45) is 57.0 Å². The number of hydrogen-bond acceptors (Lipinski definition) is 1. The summed E-state index contributed by atoms with van der Waals surface area (Å²) in [5, 5.41) is 0. The van der Waals surface area contributed by atoms with Crippen LogP contribution in [-0.4, -0.2) is 5.54 Å². The molecule has 5 rings (SSSR count). The minimum atomic E-state index is 0.0532. The number of hydrogen-bond donors (Lipinski definition) is 1. The number of fused-ring (bicyclic) bond motifs is 7. The van der Waals surface area contributed by atoms with Crippen LogP contribution in [0.2, 0.25) is 0 Å². The monoisotopic (exact) mass is 475 g/mol. The third-order valence-electron chi connectivity index (χ3n) is 13.5. The van der Waals surface area contributed by atoms with Crippen LogP contribution in [-0.2, 0) is 0 Å². The maximum absolute atomic E-state index is 7.24. The quantitative estimate of drug-likeness (QED) is 0.320. The van der Waals surface area contributed by atoms with E-state index in [9.17, 15) is 0 Å². The summed E-state index contributed by atoms with van der Waals surface area (Å²) in [5.74, 6) is 3.57. The first kappa shape index (κ1) is 25.6. The number of rotatable bonds is 3. The number of allylic oxidation sites excluding steroid dienone is 6. The minimum absolute atomic E-state index is 0.0532. The molecule has 5 aliphatic carbocycles. The molecule has 0 radical (unpaired) electrons. The van der Waals surface area contributed by atoms with E-state index in [1.807, 2.05) is 6.08 Å². The lowest BCUT2D eigenvalue weighted by atomic mass is 9.33. The first-order chi connectivity index (χ1) is 16.3. The lowest BCUT2D eigenvalue weighted by molar-refractivity contribution is -0.219. The molecule has 1 nitrogen and oxygen atoms in total. The molecular formula is C34H53N. The van der Waals surface area contributed by atoms with Crippen LogP contribution in [0.25, 0.3) is 0 Å². The normalized spacial score (nSPS) is 50.8. The average molecular weight is 476 g/mol. The van der Waals surface area contributed by atoms with E-state index in [-0.39, 0.29) is 11.0 Å². The van der Waals surface area contributed by atoms with Gasteiger partial charge >= 0.3 is 0 Å². The highest BCUT2D eigenvalue weighted by atomic mass is 14.8. The molecule has 0 spiro atoms. The van der Waals surface area contributed by atoms with Crippen molar-refractivity contribution in [2.45, 2.75) is 112 Å². The van der Waals surface area contributed by atoms with Gasteiger partial charge in [-0.15, -0.1) is 0 Å². The van der Waals surface area contributed by atoms with Crippen molar-refractivity contribution in [1.82, 2.24) is 0 Å². The molecule has 5 aliphatic rings. The first-order valence-corrected chi connectivity index (χ1v) is 14.7. The lowest BCUT2D eigenvalue weighted by Gasteiger charge is -2.72. The predicted octanol–water partition coefficient (Wildman–Crippen LogP) is 9.02. The van der Waals surface area contributed by atoms with Crippen LogP contribution in [0.1, 0.15) is 106 Å².